The number of carbonyl (C=O) groups excluding carboxylic acids is 5. The summed E-state index contributed by atoms with van der Waals surface area (Å²) < 4.78 is 0. The van der Waals surface area contributed by atoms with E-state index in [1.54, 1.807) is 28.4 Å². The number of likely N-dealkylation sites (tertiary alicyclic amines) is 1. The summed E-state index contributed by atoms with van der Waals surface area (Å²) in [6.07, 6.45) is -0.428. The number of thiazole rings is 1. The Balaban J connectivity index is 0.980. The summed E-state index contributed by atoms with van der Waals surface area (Å²) in [6.45, 7) is 14.0. The van der Waals surface area contributed by atoms with Crippen molar-refractivity contribution < 1.29 is 29.1 Å². The van der Waals surface area contributed by atoms with E-state index < -0.39 is 47.7 Å². The maximum absolute atomic E-state index is 14.4. The van der Waals surface area contributed by atoms with Gasteiger partial charge in [0.25, 0.3) is 0 Å². The topological polar surface area (TPSA) is 169 Å². The van der Waals surface area contributed by atoms with E-state index in [4.69, 9.17) is 17.3 Å². The number of benzene rings is 3. The zero-order chi connectivity index (χ0) is 46.6. The van der Waals surface area contributed by atoms with Crippen LogP contribution in [0.3, 0.4) is 0 Å². The van der Waals surface area contributed by atoms with E-state index in [0.717, 1.165) is 70.3 Å². The van der Waals surface area contributed by atoms with Crippen molar-refractivity contribution >= 4 is 63.6 Å². The fraction of sp³-hybridized carbons (Fsp3) is 0.440. The minimum absolute atomic E-state index is 0.0220. The molecular formula is C50H60ClN7O6S. The van der Waals surface area contributed by atoms with Gasteiger partial charge in [0.1, 0.15) is 12.5 Å². The van der Waals surface area contributed by atoms with Crippen LogP contribution in [0.15, 0.2) is 83.9 Å². The third-order valence-electron chi connectivity index (χ3n) is 12.9. The number of Topliss-reactive ketones (excluding diaryl/α,β-unsaturated/α-hetero) is 1. The Labute approximate surface area is 390 Å². The first-order valence-electron chi connectivity index (χ1n) is 22.4. The van der Waals surface area contributed by atoms with Crippen LogP contribution in [0.25, 0.3) is 16.0 Å². The van der Waals surface area contributed by atoms with Crippen LogP contribution in [0.4, 0.5) is 5.69 Å². The summed E-state index contributed by atoms with van der Waals surface area (Å²) in [5, 5.41) is 14.3. The Morgan fingerprint density at radius 3 is 2.20 bits per heavy atom. The van der Waals surface area contributed by atoms with Gasteiger partial charge < -0.3 is 30.9 Å². The predicted octanol–water partition coefficient (Wildman–Crippen LogP) is 6.32. The van der Waals surface area contributed by atoms with E-state index in [9.17, 15) is 29.1 Å². The number of hydrogen-bond donors (Lipinski definition) is 3. The van der Waals surface area contributed by atoms with Gasteiger partial charge in [0, 0.05) is 81.5 Å². The lowest BCUT2D eigenvalue weighted by molar-refractivity contribution is -0.144. The number of aromatic nitrogens is 1. The van der Waals surface area contributed by atoms with Gasteiger partial charge in [-0.3, -0.25) is 28.9 Å². The van der Waals surface area contributed by atoms with Crippen LogP contribution in [0.5, 0.6) is 0 Å². The number of carbonyl (C=O) groups is 5. The molecule has 15 heteroatoms. The van der Waals surface area contributed by atoms with E-state index in [2.05, 4.69) is 20.1 Å². The van der Waals surface area contributed by atoms with Gasteiger partial charge >= 0.3 is 0 Å². The first-order chi connectivity index (χ1) is 30.9. The van der Waals surface area contributed by atoms with Gasteiger partial charge in [0.15, 0.2) is 5.78 Å². The highest BCUT2D eigenvalue weighted by Crippen LogP contribution is 2.33. The SMILES string of the molecule is Cc1ncsc1-c1ccc([C@H](C)CC(=O)[C@@H]2C[C@@H](O)CN2C(=O)[C@@H](NC(=O)CC(=O)N2CCC(c3ccc(Cl)cc3)=C(CN3CCN(c4ccc(C(N)=O)cc4)CC3)C2)C(C)(C)C)cc1. The third kappa shape index (κ3) is 11.5. The van der Waals surface area contributed by atoms with Gasteiger partial charge in [-0.2, -0.15) is 0 Å². The molecule has 4 atom stereocenters. The van der Waals surface area contributed by atoms with E-state index >= 15 is 0 Å². The molecule has 2 fully saturated rings. The minimum Gasteiger partial charge on any atom is -0.391 e. The van der Waals surface area contributed by atoms with Crippen molar-refractivity contribution in [3.63, 3.8) is 0 Å². The number of ketones is 1. The average Bonchev–Trinajstić information content (AvgIpc) is 3.90. The molecular weight excluding hydrogens is 862 g/mol. The highest BCUT2D eigenvalue weighted by atomic mass is 35.5. The van der Waals surface area contributed by atoms with E-state index in [1.807, 2.05) is 101 Å². The molecule has 344 valence electrons. The number of anilines is 1. The Bertz CT molecular complexity index is 2400. The fourth-order valence-electron chi connectivity index (χ4n) is 9.19. The smallest absolute Gasteiger partial charge is 0.248 e. The molecule has 4 N–H and O–H groups in total. The zero-order valence-electron chi connectivity index (χ0n) is 37.9. The maximum atomic E-state index is 14.4. The van der Waals surface area contributed by atoms with Crippen molar-refractivity contribution in [3.05, 3.63) is 111 Å². The quantitative estimate of drug-likeness (QED) is 0.123. The van der Waals surface area contributed by atoms with Gasteiger partial charge in [0.2, 0.25) is 23.6 Å². The average molecular weight is 923 g/mol. The number of halogens is 1. The lowest BCUT2D eigenvalue weighted by atomic mass is 9.85. The van der Waals surface area contributed by atoms with Crippen molar-refractivity contribution in [3.8, 4) is 10.4 Å². The fourth-order valence-corrected chi connectivity index (χ4v) is 10.1. The van der Waals surface area contributed by atoms with Crippen LogP contribution < -0.4 is 16.0 Å². The van der Waals surface area contributed by atoms with Crippen molar-refractivity contribution in [1.29, 1.82) is 0 Å². The van der Waals surface area contributed by atoms with Crippen molar-refractivity contribution in [2.45, 2.75) is 84.4 Å². The van der Waals surface area contributed by atoms with Crippen LogP contribution in [0.1, 0.15) is 86.5 Å². The molecule has 4 heterocycles. The number of hydrogen-bond acceptors (Lipinski definition) is 10. The molecule has 0 aliphatic carbocycles. The number of amides is 4. The predicted molar refractivity (Wildman–Crippen MR) is 256 cm³/mol. The van der Waals surface area contributed by atoms with Gasteiger partial charge in [-0.25, -0.2) is 4.98 Å². The molecule has 0 unspecified atom stereocenters. The first-order valence-corrected chi connectivity index (χ1v) is 23.6. The lowest BCUT2D eigenvalue weighted by Crippen LogP contribution is -2.57. The highest BCUT2D eigenvalue weighted by Gasteiger charge is 2.44. The summed E-state index contributed by atoms with van der Waals surface area (Å²) in [7, 11) is 0. The van der Waals surface area contributed by atoms with Gasteiger partial charge in [-0.1, -0.05) is 75.7 Å². The molecule has 7 rings (SSSR count). The number of primary amides is 1. The van der Waals surface area contributed by atoms with Crippen LogP contribution in [-0.2, 0) is 19.2 Å². The van der Waals surface area contributed by atoms with E-state index in [0.29, 0.717) is 36.6 Å². The number of aliphatic hydroxyl groups is 1. The number of nitrogens with zero attached hydrogens (tertiary/aromatic N) is 5. The van der Waals surface area contributed by atoms with Gasteiger partial charge in [0.05, 0.1) is 28.2 Å². The molecule has 0 bridgehead atoms. The lowest BCUT2D eigenvalue weighted by Gasteiger charge is -2.39. The molecule has 3 aliphatic heterocycles. The van der Waals surface area contributed by atoms with Crippen LogP contribution in [-0.4, -0.2) is 125 Å². The number of piperazine rings is 1. The summed E-state index contributed by atoms with van der Waals surface area (Å²) in [6, 6.07) is 21.3. The third-order valence-corrected chi connectivity index (χ3v) is 14.2. The largest absolute Gasteiger partial charge is 0.391 e. The van der Waals surface area contributed by atoms with Crippen LogP contribution in [0, 0.1) is 12.3 Å². The molecule has 2 saturated heterocycles. The van der Waals surface area contributed by atoms with Crippen molar-refractivity contribution in [2.75, 3.05) is 57.3 Å². The second kappa shape index (κ2) is 20.4. The number of nitrogens with one attached hydrogen (secondary N) is 1. The molecule has 1 aromatic heterocycles. The number of aliphatic hydroxyl groups excluding tert-OH is 1. The minimum atomic E-state index is -1.04. The van der Waals surface area contributed by atoms with Crippen molar-refractivity contribution in [1.82, 2.24) is 25.0 Å². The summed E-state index contributed by atoms with van der Waals surface area (Å²) in [4.78, 5) is 80.8. The Morgan fingerprint density at radius 1 is 0.923 bits per heavy atom. The number of aryl methyl sites for hydroxylation is 1. The van der Waals surface area contributed by atoms with E-state index in [1.165, 1.54) is 4.90 Å². The molecule has 13 nitrogen and oxygen atoms in total. The van der Waals surface area contributed by atoms with Gasteiger partial charge in [-0.15, -0.1) is 11.3 Å². The molecule has 65 heavy (non-hydrogen) atoms. The molecule has 0 spiro atoms. The standard InChI is InChI=1S/C50H60ClN7O6S/c1-31(33-6-8-35(9-7-33)46-32(2)53-30-65-46)24-43(60)42-25-40(59)29-58(42)49(64)47(50(3,4)5)54-44(61)26-45(62)57-19-18-41(34-10-14-38(51)15-11-34)37(28-57)27-55-20-22-56(23-21-55)39-16-12-36(13-17-39)48(52)63/h6-17,30-31,40,42,47,59H,18-29H2,1-5H3,(H2,52,63)(H,54,61)/t31-,40-,42+,47-/m1/s1. The number of rotatable bonds is 14. The first kappa shape index (κ1) is 47.5. The normalized spacial score (nSPS) is 19.3. The molecule has 0 radical (unpaired) electrons. The highest BCUT2D eigenvalue weighted by molar-refractivity contribution is 7.13. The second-order valence-electron chi connectivity index (χ2n) is 18.7. The molecule has 3 aliphatic rings. The Hall–Kier alpha value is -5.41. The molecule has 3 aromatic carbocycles. The maximum Gasteiger partial charge on any atom is 0.248 e. The molecule has 4 aromatic rings. The summed E-state index contributed by atoms with van der Waals surface area (Å²) in [5.41, 5.74) is 14.3. The summed E-state index contributed by atoms with van der Waals surface area (Å²) >= 11 is 7.84. The second-order valence-corrected chi connectivity index (χ2v) is 20.0. The van der Waals surface area contributed by atoms with Gasteiger partial charge in [-0.05, 0) is 88.9 Å². The number of β-amino-alcohol motifs (C(OH)–C–C–N with tert-alkyl or cyclic N) is 1. The van der Waals surface area contributed by atoms with E-state index in [-0.39, 0.29) is 37.0 Å². The van der Waals surface area contributed by atoms with Crippen molar-refractivity contribution in [2.24, 2.45) is 11.1 Å². The van der Waals surface area contributed by atoms with Crippen LogP contribution in [0.2, 0.25) is 5.02 Å². The zero-order valence-corrected chi connectivity index (χ0v) is 39.5. The molecule has 4 amide bonds. The number of nitrogens with two attached hydrogens (primary N) is 1. The monoisotopic (exact) mass is 921 g/mol. The van der Waals surface area contributed by atoms with Crippen LogP contribution >= 0.6 is 22.9 Å². The summed E-state index contributed by atoms with van der Waals surface area (Å²) in [5.74, 6) is -2.11. The molecule has 0 saturated carbocycles. The Kier molecular flexibility index (Phi) is 14.9. The Morgan fingerprint density at radius 2 is 1.58 bits per heavy atom.